The lowest BCUT2D eigenvalue weighted by Gasteiger charge is -1.95. The Morgan fingerprint density at radius 3 is 2.31 bits per heavy atom. The van der Waals surface area contributed by atoms with Gasteiger partial charge in [0, 0.05) is 5.56 Å². The SMILES string of the molecule is Br.O=C(O[N+](=O)[O-])c1ccccc1. The Kier molecular flexibility index (Phi) is 4.68. The van der Waals surface area contributed by atoms with E-state index >= 15 is 0 Å². The van der Waals surface area contributed by atoms with Crippen molar-refractivity contribution >= 4 is 23.0 Å². The van der Waals surface area contributed by atoms with Gasteiger partial charge in [-0.15, -0.1) is 27.1 Å². The summed E-state index contributed by atoms with van der Waals surface area (Å²) in [5.41, 5.74) is 0.161. The highest BCUT2D eigenvalue weighted by atomic mass is 79.9. The van der Waals surface area contributed by atoms with Gasteiger partial charge < -0.3 is 0 Å². The van der Waals surface area contributed by atoms with E-state index in [1.807, 2.05) is 0 Å². The molecular weight excluding hydrogens is 242 g/mol. The van der Waals surface area contributed by atoms with Crippen LogP contribution in [0.4, 0.5) is 0 Å². The molecule has 0 fully saturated rings. The Morgan fingerprint density at radius 1 is 1.31 bits per heavy atom. The van der Waals surface area contributed by atoms with E-state index in [-0.39, 0.29) is 22.5 Å². The van der Waals surface area contributed by atoms with Gasteiger partial charge in [0.2, 0.25) is 0 Å². The van der Waals surface area contributed by atoms with E-state index < -0.39 is 11.1 Å². The Bertz CT molecular complexity index is 301. The zero-order valence-corrected chi connectivity index (χ0v) is 8.09. The van der Waals surface area contributed by atoms with Crippen LogP contribution < -0.4 is 0 Å². The summed E-state index contributed by atoms with van der Waals surface area (Å²) >= 11 is 0. The molecule has 0 atom stereocenters. The highest BCUT2D eigenvalue weighted by molar-refractivity contribution is 8.93. The van der Waals surface area contributed by atoms with Crippen molar-refractivity contribution in [2.75, 3.05) is 0 Å². The number of carbonyl (C=O) groups is 1. The fourth-order valence-corrected chi connectivity index (χ4v) is 0.695. The molecule has 0 aliphatic rings. The first-order valence-corrected chi connectivity index (χ1v) is 3.12. The number of nitrogens with zero attached hydrogens (tertiary/aromatic N) is 1. The van der Waals surface area contributed by atoms with Gasteiger partial charge in [-0.25, -0.2) is 4.84 Å². The van der Waals surface area contributed by atoms with Gasteiger partial charge in [0.25, 0.3) is 0 Å². The molecule has 0 spiro atoms. The predicted octanol–water partition coefficient (Wildman–Crippen LogP) is 1.61. The van der Waals surface area contributed by atoms with Gasteiger partial charge in [0.05, 0.1) is 0 Å². The molecule has 0 unspecified atom stereocenters. The van der Waals surface area contributed by atoms with Crippen LogP contribution in [0, 0.1) is 10.1 Å². The highest BCUT2D eigenvalue weighted by Gasteiger charge is 2.08. The van der Waals surface area contributed by atoms with Crippen molar-refractivity contribution in [3.63, 3.8) is 0 Å². The van der Waals surface area contributed by atoms with Crippen molar-refractivity contribution in [3.8, 4) is 0 Å². The van der Waals surface area contributed by atoms with Gasteiger partial charge >= 0.3 is 11.1 Å². The predicted molar refractivity (Wildman–Crippen MR) is 49.2 cm³/mol. The minimum atomic E-state index is -1.13. The quantitative estimate of drug-likeness (QED) is 0.588. The second-order valence-corrected chi connectivity index (χ2v) is 1.97. The molecular formula is C7H6BrNO4. The van der Waals surface area contributed by atoms with E-state index in [0.717, 1.165) is 0 Å². The first-order valence-electron chi connectivity index (χ1n) is 3.12. The Labute approximate surface area is 84.2 Å². The fourth-order valence-electron chi connectivity index (χ4n) is 0.695. The van der Waals surface area contributed by atoms with Gasteiger partial charge in [0.15, 0.2) is 0 Å². The molecule has 1 aromatic rings. The van der Waals surface area contributed by atoms with E-state index in [9.17, 15) is 14.9 Å². The largest absolute Gasteiger partial charge is 0.334 e. The molecule has 0 amide bonds. The maximum absolute atomic E-state index is 10.8. The van der Waals surface area contributed by atoms with E-state index in [0.29, 0.717) is 0 Å². The summed E-state index contributed by atoms with van der Waals surface area (Å²) in [7, 11) is 0. The number of benzene rings is 1. The smallest absolute Gasteiger partial charge is 0.263 e. The number of hydrogen-bond donors (Lipinski definition) is 0. The lowest BCUT2D eigenvalue weighted by atomic mass is 10.2. The topological polar surface area (TPSA) is 69.4 Å². The molecule has 13 heavy (non-hydrogen) atoms. The number of carbonyl (C=O) groups excluding carboxylic acids is 1. The molecule has 0 heterocycles. The van der Waals surface area contributed by atoms with E-state index in [4.69, 9.17) is 0 Å². The molecule has 5 nitrogen and oxygen atoms in total. The third-order valence-corrected chi connectivity index (χ3v) is 1.17. The molecule has 0 saturated heterocycles. The summed E-state index contributed by atoms with van der Waals surface area (Å²) in [6, 6.07) is 7.76. The molecule has 0 radical (unpaired) electrons. The fraction of sp³-hybridized carbons (Fsp3) is 0. The van der Waals surface area contributed by atoms with Gasteiger partial charge in [-0.05, 0) is 12.1 Å². The zero-order chi connectivity index (χ0) is 8.97. The number of halogens is 1. The first-order chi connectivity index (χ1) is 5.70. The molecule has 1 aromatic carbocycles. The maximum Gasteiger partial charge on any atom is 0.334 e. The second-order valence-electron chi connectivity index (χ2n) is 1.97. The standard InChI is InChI=1S/C7H5NO4.BrH/c9-7(12-8(10)11)6-4-2-1-3-5-6;/h1-5H;1H. The van der Waals surface area contributed by atoms with E-state index in [1.165, 1.54) is 12.1 Å². The van der Waals surface area contributed by atoms with Crippen LogP contribution in [-0.4, -0.2) is 11.1 Å². The minimum Gasteiger partial charge on any atom is -0.263 e. The van der Waals surface area contributed by atoms with Crippen LogP contribution in [0.25, 0.3) is 0 Å². The Balaban J connectivity index is 0.00000144. The van der Waals surface area contributed by atoms with Gasteiger partial charge in [0.1, 0.15) is 0 Å². The van der Waals surface area contributed by atoms with E-state index in [2.05, 4.69) is 4.84 Å². The highest BCUT2D eigenvalue weighted by Crippen LogP contribution is 2.00. The van der Waals surface area contributed by atoms with Gasteiger partial charge in [-0.2, -0.15) is 0 Å². The third kappa shape index (κ3) is 3.66. The molecule has 1 rings (SSSR count). The van der Waals surface area contributed by atoms with Crippen LogP contribution in [0.1, 0.15) is 10.4 Å². The molecule has 0 aliphatic carbocycles. The summed E-state index contributed by atoms with van der Waals surface area (Å²) in [5.74, 6) is -0.958. The minimum absolute atomic E-state index is 0. The Morgan fingerprint density at radius 2 is 1.85 bits per heavy atom. The zero-order valence-electron chi connectivity index (χ0n) is 6.38. The molecule has 0 N–H and O–H groups in total. The summed E-state index contributed by atoms with van der Waals surface area (Å²) in [6.07, 6.45) is 0. The third-order valence-electron chi connectivity index (χ3n) is 1.17. The molecule has 0 bridgehead atoms. The van der Waals surface area contributed by atoms with Crippen molar-refractivity contribution < 1.29 is 14.7 Å². The monoisotopic (exact) mass is 247 g/mol. The lowest BCUT2D eigenvalue weighted by Crippen LogP contribution is -2.09. The average molecular weight is 248 g/mol. The maximum atomic E-state index is 10.8. The molecule has 0 saturated carbocycles. The molecule has 70 valence electrons. The average Bonchev–Trinajstić information content (AvgIpc) is 2.05. The van der Waals surface area contributed by atoms with Gasteiger partial charge in [-0.3, -0.25) is 4.79 Å². The summed E-state index contributed by atoms with van der Waals surface area (Å²) in [5, 5.41) is 8.62. The summed E-state index contributed by atoms with van der Waals surface area (Å²) < 4.78 is 0. The first kappa shape index (κ1) is 11.6. The summed E-state index contributed by atoms with van der Waals surface area (Å²) in [4.78, 5) is 24.3. The van der Waals surface area contributed by atoms with Crippen molar-refractivity contribution in [2.45, 2.75) is 0 Å². The summed E-state index contributed by atoms with van der Waals surface area (Å²) in [6.45, 7) is 0. The van der Waals surface area contributed by atoms with Crippen LogP contribution in [0.15, 0.2) is 30.3 Å². The molecule has 0 aromatic heterocycles. The van der Waals surface area contributed by atoms with Crippen LogP contribution >= 0.6 is 17.0 Å². The van der Waals surface area contributed by atoms with Crippen LogP contribution in [0.5, 0.6) is 0 Å². The van der Waals surface area contributed by atoms with Crippen LogP contribution in [0.3, 0.4) is 0 Å². The van der Waals surface area contributed by atoms with Crippen LogP contribution in [0.2, 0.25) is 0 Å². The number of hydrogen-bond acceptors (Lipinski definition) is 4. The van der Waals surface area contributed by atoms with Crippen LogP contribution in [-0.2, 0) is 4.84 Å². The van der Waals surface area contributed by atoms with Crippen molar-refractivity contribution in [1.29, 1.82) is 0 Å². The van der Waals surface area contributed by atoms with Gasteiger partial charge in [-0.1, -0.05) is 18.2 Å². The lowest BCUT2D eigenvalue weighted by molar-refractivity contribution is -0.727. The van der Waals surface area contributed by atoms with Crippen molar-refractivity contribution in [1.82, 2.24) is 0 Å². The Hall–Kier alpha value is -1.43. The molecule has 6 heteroatoms. The van der Waals surface area contributed by atoms with Crippen molar-refractivity contribution in [2.24, 2.45) is 0 Å². The number of rotatable bonds is 2. The van der Waals surface area contributed by atoms with E-state index in [1.54, 1.807) is 18.2 Å². The normalized spacial score (nSPS) is 8.31. The molecule has 0 aliphatic heterocycles. The second kappa shape index (κ2) is 5.26. The van der Waals surface area contributed by atoms with Crippen molar-refractivity contribution in [3.05, 3.63) is 46.0 Å².